The first-order chi connectivity index (χ1) is 17.3. The number of hydrogen-bond acceptors (Lipinski definition) is 6. The van der Waals surface area contributed by atoms with Crippen molar-refractivity contribution in [2.45, 2.75) is 26.4 Å². The molecule has 0 aliphatic carbocycles. The summed E-state index contributed by atoms with van der Waals surface area (Å²) >= 11 is 12.2. The van der Waals surface area contributed by atoms with Crippen LogP contribution in [0, 0.1) is 0 Å². The molecular formula is C27H23Cl2N3O4. The van der Waals surface area contributed by atoms with Gasteiger partial charge in [-0.15, -0.1) is 0 Å². The van der Waals surface area contributed by atoms with Gasteiger partial charge in [0.2, 0.25) is 0 Å². The lowest BCUT2D eigenvalue weighted by atomic mass is 10.0. The number of aromatic nitrogens is 1. The Bertz CT molecular complexity index is 1380. The van der Waals surface area contributed by atoms with E-state index in [4.69, 9.17) is 43.0 Å². The molecule has 0 saturated carbocycles. The zero-order chi connectivity index (χ0) is 25.7. The second-order valence-corrected chi connectivity index (χ2v) is 9.04. The molecule has 0 aliphatic rings. The molecule has 0 fully saturated rings. The van der Waals surface area contributed by atoms with Crippen LogP contribution in [0.5, 0.6) is 5.75 Å². The van der Waals surface area contributed by atoms with E-state index in [-0.39, 0.29) is 23.0 Å². The second kappa shape index (κ2) is 11.3. The third kappa shape index (κ3) is 5.87. The number of carbonyl (C=O) groups is 1. The molecule has 0 amide bonds. The van der Waals surface area contributed by atoms with Gasteiger partial charge in [-0.05, 0) is 48.0 Å². The van der Waals surface area contributed by atoms with Gasteiger partial charge in [0.1, 0.15) is 23.6 Å². The number of oxime groups is 1. The third-order valence-corrected chi connectivity index (χ3v) is 5.85. The maximum Gasteiger partial charge on any atom is 0.371 e. The Morgan fingerprint density at radius 2 is 1.72 bits per heavy atom. The minimum Gasteiger partial charge on any atom is -0.489 e. The fourth-order valence-electron chi connectivity index (χ4n) is 3.39. The van der Waals surface area contributed by atoms with E-state index in [1.54, 1.807) is 48.5 Å². The summed E-state index contributed by atoms with van der Waals surface area (Å²) in [5.74, 6) is 0.160. The molecule has 0 saturated heterocycles. The van der Waals surface area contributed by atoms with E-state index >= 15 is 0 Å². The van der Waals surface area contributed by atoms with Gasteiger partial charge < -0.3 is 19.8 Å². The standard InChI is InChI=1S/C27H23Cl2N3O4/c1-16(2)25-23(24(31-35-25)21-5-3-4-6-22(21)29)27(33)36-32-26(30)18-9-13-20(14-10-18)34-15-17-7-11-19(28)12-8-17/h3-14,16H,15H2,1-2H3,(H2,30,32). The molecule has 36 heavy (non-hydrogen) atoms. The number of nitrogens with zero attached hydrogens (tertiary/aromatic N) is 2. The Morgan fingerprint density at radius 3 is 2.39 bits per heavy atom. The summed E-state index contributed by atoms with van der Waals surface area (Å²) in [4.78, 5) is 18.2. The van der Waals surface area contributed by atoms with E-state index in [1.165, 1.54) is 0 Å². The molecule has 0 atom stereocenters. The lowest BCUT2D eigenvalue weighted by Gasteiger charge is -2.08. The van der Waals surface area contributed by atoms with Crippen molar-refractivity contribution in [3.63, 3.8) is 0 Å². The molecule has 184 valence electrons. The first-order valence-electron chi connectivity index (χ1n) is 11.1. The Kier molecular flexibility index (Phi) is 7.93. The number of rotatable bonds is 8. The van der Waals surface area contributed by atoms with E-state index in [1.807, 2.05) is 38.1 Å². The number of nitrogens with two attached hydrogens (primary N) is 1. The Morgan fingerprint density at radius 1 is 1.03 bits per heavy atom. The summed E-state index contributed by atoms with van der Waals surface area (Å²) in [6.45, 7) is 4.14. The van der Waals surface area contributed by atoms with Gasteiger partial charge in [0.25, 0.3) is 0 Å². The average Bonchev–Trinajstić information content (AvgIpc) is 3.33. The number of hydrogen-bond donors (Lipinski definition) is 1. The van der Waals surface area contributed by atoms with Crippen molar-refractivity contribution in [2.24, 2.45) is 10.9 Å². The van der Waals surface area contributed by atoms with Crippen LogP contribution in [0.1, 0.15) is 47.0 Å². The fraction of sp³-hybridized carbons (Fsp3) is 0.148. The number of halogens is 2. The smallest absolute Gasteiger partial charge is 0.371 e. The summed E-state index contributed by atoms with van der Waals surface area (Å²) < 4.78 is 11.2. The normalized spacial score (nSPS) is 11.5. The first kappa shape index (κ1) is 25.3. The van der Waals surface area contributed by atoms with Gasteiger partial charge in [-0.25, -0.2) is 4.79 Å². The van der Waals surface area contributed by atoms with Gasteiger partial charge in [0.15, 0.2) is 11.6 Å². The Hall–Kier alpha value is -3.81. The lowest BCUT2D eigenvalue weighted by Crippen LogP contribution is -2.16. The van der Waals surface area contributed by atoms with Gasteiger partial charge in [-0.2, -0.15) is 0 Å². The molecule has 9 heteroatoms. The predicted octanol–water partition coefficient (Wildman–Crippen LogP) is 6.83. The third-order valence-electron chi connectivity index (χ3n) is 5.27. The van der Waals surface area contributed by atoms with Gasteiger partial charge in [0, 0.05) is 22.1 Å². The van der Waals surface area contributed by atoms with E-state index in [2.05, 4.69) is 10.3 Å². The van der Waals surface area contributed by atoms with Gasteiger partial charge in [-0.3, -0.25) is 0 Å². The molecule has 0 bridgehead atoms. The lowest BCUT2D eigenvalue weighted by molar-refractivity contribution is 0.0513. The largest absolute Gasteiger partial charge is 0.489 e. The molecule has 4 rings (SSSR count). The molecule has 0 spiro atoms. The average molecular weight is 524 g/mol. The van der Waals surface area contributed by atoms with Crippen molar-refractivity contribution in [1.29, 1.82) is 0 Å². The van der Waals surface area contributed by atoms with E-state index in [0.29, 0.717) is 39.3 Å². The van der Waals surface area contributed by atoms with Crippen molar-refractivity contribution in [2.75, 3.05) is 0 Å². The molecule has 0 unspecified atom stereocenters. The molecule has 3 aromatic carbocycles. The van der Waals surface area contributed by atoms with E-state index in [9.17, 15) is 4.79 Å². The zero-order valence-corrected chi connectivity index (χ0v) is 21.1. The van der Waals surface area contributed by atoms with E-state index in [0.717, 1.165) is 5.56 Å². The highest BCUT2D eigenvalue weighted by atomic mass is 35.5. The molecule has 0 aliphatic heterocycles. The van der Waals surface area contributed by atoms with Crippen molar-refractivity contribution >= 4 is 35.0 Å². The van der Waals surface area contributed by atoms with Crippen LogP contribution in [0.3, 0.4) is 0 Å². The number of ether oxygens (including phenoxy) is 1. The molecule has 1 heterocycles. The summed E-state index contributed by atoms with van der Waals surface area (Å²) in [6, 6.07) is 21.4. The van der Waals surface area contributed by atoms with Crippen LogP contribution in [0.25, 0.3) is 11.3 Å². The van der Waals surface area contributed by atoms with Crippen LogP contribution >= 0.6 is 23.2 Å². The van der Waals surface area contributed by atoms with Crippen molar-refractivity contribution in [1.82, 2.24) is 5.16 Å². The summed E-state index contributed by atoms with van der Waals surface area (Å²) in [7, 11) is 0. The monoisotopic (exact) mass is 523 g/mol. The Balaban J connectivity index is 1.47. The van der Waals surface area contributed by atoms with Crippen molar-refractivity contribution in [3.05, 3.63) is 105 Å². The minimum atomic E-state index is -0.749. The molecule has 4 aromatic rings. The molecule has 7 nitrogen and oxygen atoms in total. The summed E-state index contributed by atoms with van der Waals surface area (Å²) in [5, 5.41) is 8.99. The molecule has 2 N–H and O–H groups in total. The predicted molar refractivity (Wildman–Crippen MR) is 139 cm³/mol. The number of carbonyl (C=O) groups excluding carboxylic acids is 1. The molecular weight excluding hydrogens is 501 g/mol. The van der Waals surface area contributed by atoms with E-state index < -0.39 is 5.97 Å². The van der Waals surface area contributed by atoms with Gasteiger partial charge >= 0.3 is 5.97 Å². The van der Waals surface area contributed by atoms with Crippen LogP contribution in [0.2, 0.25) is 10.0 Å². The summed E-state index contributed by atoms with van der Waals surface area (Å²) in [6.07, 6.45) is 0. The van der Waals surface area contributed by atoms with Crippen LogP contribution < -0.4 is 10.5 Å². The van der Waals surface area contributed by atoms with Gasteiger partial charge in [-0.1, -0.05) is 77.7 Å². The highest BCUT2D eigenvalue weighted by Gasteiger charge is 2.28. The van der Waals surface area contributed by atoms with Crippen molar-refractivity contribution in [3.8, 4) is 17.0 Å². The second-order valence-electron chi connectivity index (χ2n) is 8.20. The SMILES string of the molecule is CC(C)c1onc(-c2ccccc2Cl)c1C(=O)O/N=C(\N)c1ccc(OCc2ccc(Cl)cc2)cc1. The zero-order valence-electron chi connectivity index (χ0n) is 19.6. The van der Waals surface area contributed by atoms with Gasteiger partial charge in [0.05, 0.1) is 5.02 Å². The molecule has 0 radical (unpaired) electrons. The maximum absolute atomic E-state index is 13.0. The number of benzene rings is 3. The van der Waals surface area contributed by atoms with Crippen LogP contribution in [0.4, 0.5) is 0 Å². The minimum absolute atomic E-state index is 0.0226. The highest BCUT2D eigenvalue weighted by molar-refractivity contribution is 6.33. The summed E-state index contributed by atoms with van der Waals surface area (Å²) in [5.41, 5.74) is 8.59. The quantitative estimate of drug-likeness (QED) is 0.117. The van der Waals surface area contributed by atoms with Crippen molar-refractivity contribution < 1.29 is 18.9 Å². The van der Waals surface area contributed by atoms with Crippen LogP contribution in [0.15, 0.2) is 82.5 Å². The van der Waals surface area contributed by atoms with Crippen LogP contribution in [-0.2, 0) is 11.4 Å². The van der Waals surface area contributed by atoms with Crippen LogP contribution in [-0.4, -0.2) is 17.0 Å². The first-order valence-corrected chi connectivity index (χ1v) is 11.9. The highest BCUT2D eigenvalue weighted by Crippen LogP contribution is 2.34. The maximum atomic E-state index is 13.0. The molecule has 1 aromatic heterocycles. The fourth-order valence-corrected chi connectivity index (χ4v) is 3.74. The topological polar surface area (TPSA) is 99.9 Å². The Labute approximate surface area is 218 Å². The number of amidine groups is 1.